The fourth-order valence-corrected chi connectivity index (χ4v) is 4.60. The second-order valence-electron chi connectivity index (χ2n) is 10.2. The molecule has 2 heterocycles. The van der Waals surface area contributed by atoms with Crippen LogP contribution in [-0.2, 0) is 9.47 Å². The molecule has 10 heteroatoms. The quantitative estimate of drug-likeness (QED) is 0.536. The lowest BCUT2D eigenvalue weighted by atomic mass is 9.79. The standard InChI is InChI=1S/C27H31F3N2O5/c1-26(2,3)37-25(34)31-9-7-27(24(16-31)35-12-11-33)8-10-32(17-27)22-14-20(29)21(30)15-23(22)36-19-6-4-5-18(28)13-19/h4-6,13-16,33H,7-12,17H2,1-3H3. The van der Waals surface area contributed by atoms with E-state index < -0.39 is 34.6 Å². The Morgan fingerprint density at radius 2 is 1.81 bits per heavy atom. The molecule has 2 aromatic rings. The van der Waals surface area contributed by atoms with Crippen LogP contribution in [0.4, 0.5) is 23.7 Å². The van der Waals surface area contributed by atoms with Crippen LogP contribution in [0.15, 0.2) is 48.4 Å². The number of nitrogens with zero attached hydrogens (tertiary/aromatic N) is 2. The topological polar surface area (TPSA) is 71.5 Å². The van der Waals surface area contributed by atoms with Crippen LogP contribution >= 0.6 is 0 Å². The molecule has 200 valence electrons. The fraction of sp³-hybridized carbons (Fsp3) is 0.444. The van der Waals surface area contributed by atoms with Crippen LogP contribution in [-0.4, -0.2) is 54.5 Å². The summed E-state index contributed by atoms with van der Waals surface area (Å²) in [6, 6.07) is 7.42. The number of hydrogen-bond donors (Lipinski definition) is 1. The number of hydrogen-bond acceptors (Lipinski definition) is 6. The molecule has 0 aromatic heterocycles. The first-order valence-corrected chi connectivity index (χ1v) is 12.1. The van der Waals surface area contributed by atoms with E-state index >= 15 is 0 Å². The van der Waals surface area contributed by atoms with Gasteiger partial charge in [-0.3, -0.25) is 4.90 Å². The van der Waals surface area contributed by atoms with E-state index in [1.165, 1.54) is 23.1 Å². The second kappa shape index (κ2) is 10.5. The third-order valence-electron chi connectivity index (χ3n) is 6.32. The van der Waals surface area contributed by atoms with E-state index in [0.29, 0.717) is 43.9 Å². The lowest BCUT2D eigenvalue weighted by Gasteiger charge is -2.39. The Balaban J connectivity index is 1.62. The largest absolute Gasteiger partial charge is 0.493 e. The van der Waals surface area contributed by atoms with Gasteiger partial charge in [-0.15, -0.1) is 0 Å². The molecule has 0 radical (unpaired) electrons. The zero-order valence-corrected chi connectivity index (χ0v) is 21.1. The summed E-state index contributed by atoms with van der Waals surface area (Å²) in [4.78, 5) is 16.0. The van der Waals surface area contributed by atoms with Crippen LogP contribution in [0.25, 0.3) is 0 Å². The van der Waals surface area contributed by atoms with Gasteiger partial charge in [0.2, 0.25) is 0 Å². The molecule has 2 aromatic carbocycles. The van der Waals surface area contributed by atoms with Gasteiger partial charge >= 0.3 is 6.09 Å². The molecule has 1 N–H and O–H groups in total. The summed E-state index contributed by atoms with van der Waals surface area (Å²) >= 11 is 0. The number of aliphatic hydroxyl groups excluding tert-OH is 1. The van der Waals surface area contributed by atoms with Crippen LogP contribution in [0.1, 0.15) is 33.6 Å². The Kier molecular flexibility index (Phi) is 7.59. The molecule has 0 bridgehead atoms. The Hall–Kier alpha value is -3.40. The van der Waals surface area contributed by atoms with Crippen molar-refractivity contribution < 1.29 is 37.3 Å². The molecule has 2 aliphatic heterocycles. The first-order chi connectivity index (χ1) is 17.5. The Morgan fingerprint density at radius 3 is 2.51 bits per heavy atom. The van der Waals surface area contributed by atoms with E-state index in [1.54, 1.807) is 27.0 Å². The maximum atomic E-state index is 14.3. The van der Waals surface area contributed by atoms with Gasteiger partial charge < -0.3 is 24.2 Å². The average molecular weight is 521 g/mol. The highest BCUT2D eigenvalue weighted by Gasteiger charge is 2.46. The van der Waals surface area contributed by atoms with E-state index in [1.807, 2.05) is 4.90 Å². The van der Waals surface area contributed by atoms with Crippen LogP contribution in [0.3, 0.4) is 0 Å². The number of ether oxygens (including phenoxy) is 3. The monoisotopic (exact) mass is 520 g/mol. The molecular formula is C27H31F3N2O5. The Labute approximate surface area is 214 Å². The summed E-state index contributed by atoms with van der Waals surface area (Å²) in [6.45, 7) is 6.39. The Bertz CT molecular complexity index is 1180. The summed E-state index contributed by atoms with van der Waals surface area (Å²) in [5.41, 5.74) is -0.883. The third-order valence-corrected chi connectivity index (χ3v) is 6.32. The molecule has 1 saturated heterocycles. The minimum absolute atomic E-state index is 0.0366. The van der Waals surface area contributed by atoms with Crippen molar-refractivity contribution in [3.05, 3.63) is 65.8 Å². The van der Waals surface area contributed by atoms with Gasteiger partial charge in [0.25, 0.3) is 0 Å². The van der Waals surface area contributed by atoms with E-state index in [4.69, 9.17) is 14.2 Å². The molecule has 1 unspecified atom stereocenters. The van der Waals surface area contributed by atoms with Crippen molar-refractivity contribution in [1.29, 1.82) is 0 Å². The number of carbonyl (C=O) groups excluding carboxylic acids is 1. The first kappa shape index (κ1) is 26.7. The summed E-state index contributed by atoms with van der Waals surface area (Å²) in [6.07, 6.45) is 2.23. The van der Waals surface area contributed by atoms with Gasteiger partial charge in [-0.1, -0.05) is 6.07 Å². The van der Waals surface area contributed by atoms with Gasteiger partial charge in [0, 0.05) is 44.0 Å². The highest BCUT2D eigenvalue weighted by atomic mass is 19.2. The van der Waals surface area contributed by atoms with Crippen molar-refractivity contribution in [3.8, 4) is 11.5 Å². The number of amides is 1. The van der Waals surface area contributed by atoms with E-state index in [2.05, 4.69) is 0 Å². The van der Waals surface area contributed by atoms with E-state index in [-0.39, 0.29) is 24.7 Å². The highest BCUT2D eigenvalue weighted by Crippen LogP contribution is 2.47. The minimum Gasteiger partial charge on any atom is -0.493 e. The maximum absolute atomic E-state index is 14.3. The van der Waals surface area contributed by atoms with Gasteiger partial charge in [0.1, 0.15) is 29.5 Å². The number of halogens is 3. The van der Waals surface area contributed by atoms with Crippen molar-refractivity contribution in [2.75, 3.05) is 37.7 Å². The fourth-order valence-electron chi connectivity index (χ4n) is 4.60. The van der Waals surface area contributed by atoms with Crippen LogP contribution in [0.5, 0.6) is 11.5 Å². The predicted octanol–water partition coefficient (Wildman–Crippen LogP) is 5.58. The summed E-state index contributed by atoms with van der Waals surface area (Å²) < 4.78 is 59.3. The molecule has 0 saturated carbocycles. The van der Waals surface area contributed by atoms with E-state index in [9.17, 15) is 23.1 Å². The zero-order valence-electron chi connectivity index (χ0n) is 21.1. The van der Waals surface area contributed by atoms with Crippen molar-refractivity contribution in [1.82, 2.24) is 4.90 Å². The van der Waals surface area contributed by atoms with Crippen molar-refractivity contribution >= 4 is 11.8 Å². The molecule has 1 atom stereocenters. The van der Waals surface area contributed by atoms with Gasteiger partial charge in [0.05, 0.1) is 17.7 Å². The molecule has 7 nitrogen and oxygen atoms in total. The van der Waals surface area contributed by atoms with Crippen molar-refractivity contribution in [2.45, 2.75) is 39.2 Å². The predicted molar refractivity (Wildman–Crippen MR) is 131 cm³/mol. The first-order valence-electron chi connectivity index (χ1n) is 12.1. The number of rotatable bonds is 6. The lowest BCUT2D eigenvalue weighted by Crippen LogP contribution is -2.43. The molecular weight excluding hydrogens is 489 g/mol. The zero-order chi connectivity index (χ0) is 26.8. The summed E-state index contributed by atoms with van der Waals surface area (Å²) in [5.74, 6) is -1.92. The van der Waals surface area contributed by atoms with Gasteiger partial charge in [-0.05, 0) is 45.7 Å². The number of aliphatic hydroxyl groups is 1. The molecule has 1 fully saturated rings. The minimum atomic E-state index is -1.08. The van der Waals surface area contributed by atoms with Gasteiger partial charge in [0.15, 0.2) is 17.4 Å². The molecule has 2 aliphatic rings. The van der Waals surface area contributed by atoms with Crippen LogP contribution in [0.2, 0.25) is 0 Å². The highest BCUT2D eigenvalue weighted by molar-refractivity contribution is 5.70. The average Bonchev–Trinajstić information content (AvgIpc) is 3.24. The van der Waals surface area contributed by atoms with Gasteiger partial charge in [-0.25, -0.2) is 18.0 Å². The molecule has 1 spiro atoms. The number of carbonyl (C=O) groups is 1. The lowest BCUT2D eigenvalue weighted by molar-refractivity contribution is 0.0219. The van der Waals surface area contributed by atoms with E-state index in [0.717, 1.165) is 18.2 Å². The van der Waals surface area contributed by atoms with Crippen molar-refractivity contribution in [2.24, 2.45) is 5.41 Å². The normalized spacial score (nSPS) is 19.7. The van der Waals surface area contributed by atoms with Crippen LogP contribution in [0, 0.1) is 22.9 Å². The maximum Gasteiger partial charge on any atom is 0.414 e. The van der Waals surface area contributed by atoms with Crippen LogP contribution < -0.4 is 9.64 Å². The molecule has 37 heavy (non-hydrogen) atoms. The third kappa shape index (κ3) is 6.12. The number of anilines is 1. The number of benzene rings is 2. The molecule has 0 aliphatic carbocycles. The van der Waals surface area contributed by atoms with Crippen molar-refractivity contribution in [3.63, 3.8) is 0 Å². The Morgan fingerprint density at radius 1 is 1.08 bits per heavy atom. The molecule has 4 rings (SSSR count). The smallest absolute Gasteiger partial charge is 0.414 e. The van der Waals surface area contributed by atoms with Gasteiger partial charge in [-0.2, -0.15) is 0 Å². The molecule has 1 amide bonds. The SMILES string of the molecule is CC(C)(C)OC(=O)N1C=C(OCCO)C2(CC1)CCN(c1cc(F)c(F)cc1Oc1cccc(F)c1)C2. The summed E-state index contributed by atoms with van der Waals surface area (Å²) in [5, 5.41) is 9.35. The second-order valence-corrected chi connectivity index (χ2v) is 10.2. The summed E-state index contributed by atoms with van der Waals surface area (Å²) in [7, 11) is 0.